The van der Waals surface area contributed by atoms with Crippen molar-refractivity contribution < 1.29 is 19.5 Å². The number of H-pyrrole nitrogens is 1. The van der Waals surface area contributed by atoms with Gasteiger partial charge in [0, 0.05) is 12.1 Å². The van der Waals surface area contributed by atoms with Crippen LogP contribution in [0.5, 0.6) is 0 Å². The second-order valence-electron chi connectivity index (χ2n) is 4.47. The minimum atomic E-state index is -4.66. The van der Waals surface area contributed by atoms with E-state index in [4.69, 9.17) is 21.4 Å². The molecule has 116 valence electrons. The maximum atomic E-state index is 11.2. The maximum absolute atomic E-state index is 11.2. The second kappa shape index (κ2) is 5.41. The van der Waals surface area contributed by atoms with Crippen LogP contribution in [-0.2, 0) is 11.0 Å². The van der Waals surface area contributed by atoms with Crippen LogP contribution < -0.4 is 0 Å². The van der Waals surface area contributed by atoms with E-state index in [1.54, 1.807) is 6.07 Å². The Hall–Kier alpha value is -1.84. The molecule has 1 unspecified atom stereocenters. The molecular weight excluding hydrogens is 335 g/mol. The number of halogens is 1. The molecule has 22 heavy (non-hydrogen) atoms. The van der Waals surface area contributed by atoms with Crippen LogP contribution in [0.2, 0.25) is 5.02 Å². The molecule has 0 aromatic carbocycles. The third-order valence-corrected chi connectivity index (χ3v) is 4.36. The normalized spacial score (nSPS) is 13.6. The summed E-state index contributed by atoms with van der Waals surface area (Å²) in [5, 5.41) is 23.3. The van der Waals surface area contributed by atoms with Crippen LogP contribution >= 0.6 is 19.2 Å². The zero-order chi connectivity index (χ0) is 15.9. The van der Waals surface area contributed by atoms with Gasteiger partial charge < -0.3 is 14.9 Å². The summed E-state index contributed by atoms with van der Waals surface area (Å²) in [5.41, 5.74) is 1.18. The number of rotatable bonds is 4. The first-order chi connectivity index (χ1) is 10.4. The lowest BCUT2D eigenvalue weighted by Gasteiger charge is -2.15. The van der Waals surface area contributed by atoms with Gasteiger partial charge in [-0.2, -0.15) is 5.21 Å². The monoisotopic (exact) mass is 344 g/mol. The second-order valence-corrected chi connectivity index (χ2v) is 6.66. The van der Waals surface area contributed by atoms with Crippen molar-refractivity contribution in [1.29, 1.82) is 0 Å². The molecule has 4 N–H and O–H groups in total. The van der Waals surface area contributed by atoms with Crippen LogP contribution in [0.4, 0.5) is 0 Å². The van der Waals surface area contributed by atoms with Crippen molar-refractivity contribution in [2.24, 2.45) is 0 Å². The molecule has 3 aromatic heterocycles. The summed E-state index contributed by atoms with van der Waals surface area (Å²) in [6.07, 6.45) is 1.12. The Morgan fingerprint density at radius 3 is 2.82 bits per heavy atom. The van der Waals surface area contributed by atoms with Crippen molar-refractivity contribution in [1.82, 2.24) is 30.0 Å². The van der Waals surface area contributed by atoms with Gasteiger partial charge in [0.25, 0.3) is 0 Å². The zero-order valence-electron chi connectivity index (χ0n) is 10.8. The topological polar surface area (TPSA) is 150 Å². The smallest absolute Gasteiger partial charge is 0.354 e. The molecule has 1 atom stereocenters. The van der Waals surface area contributed by atoms with E-state index in [1.165, 1.54) is 16.7 Å². The minimum Gasteiger partial charge on any atom is -0.380 e. The highest BCUT2D eigenvalue weighted by Gasteiger charge is 2.29. The molecule has 0 saturated heterocycles. The number of fused-ring (bicyclic) bond motifs is 1. The molecular formula is C10H10ClN6O4P. The third-order valence-electron chi connectivity index (χ3n) is 3.05. The standard InChI is InChI=1S/C10H10ClN6O4P/c11-5-1-2-8-12-4-7(10-13-15-16-14-10)17(8)6(5)3-9(18)22(19,20)21/h1-2,4,9,18H,3H2,(H2,19,20,21)(H,13,14,15,16). The molecule has 10 nitrogen and oxygen atoms in total. The summed E-state index contributed by atoms with van der Waals surface area (Å²) in [4.78, 5) is 22.3. The average molecular weight is 345 g/mol. The largest absolute Gasteiger partial charge is 0.380 e. The van der Waals surface area contributed by atoms with Crippen molar-refractivity contribution in [3.63, 3.8) is 0 Å². The van der Waals surface area contributed by atoms with E-state index >= 15 is 0 Å². The molecule has 0 fully saturated rings. The Morgan fingerprint density at radius 1 is 1.41 bits per heavy atom. The van der Waals surface area contributed by atoms with Gasteiger partial charge in [0.15, 0.2) is 5.85 Å². The number of imidazole rings is 1. The third kappa shape index (κ3) is 2.62. The van der Waals surface area contributed by atoms with E-state index in [0.717, 1.165) is 0 Å². The number of nitrogens with zero attached hydrogens (tertiary/aromatic N) is 5. The molecule has 0 aliphatic rings. The number of nitrogens with one attached hydrogen (secondary N) is 1. The van der Waals surface area contributed by atoms with E-state index in [1.807, 2.05) is 0 Å². The lowest BCUT2D eigenvalue weighted by Crippen LogP contribution is -2.14. The summed E-state index contributed by atoms with van der Waals surface area (Å²) >= 11 is 6.11. The molecule has 0 saturated carbocycles. The highest BCUT2D eigenvalue weighted by Crippen LogP contribution is 2.42. The van der Waals surface area contributed by atoms with Crippen LogP contribution in [0.15, 0.2) is 18.3 Å². The molecule has 3 rings (SSSR count). The van der Waals surface area contributed by atoms with E-state index in [0.29, 0.717) is 11.3 Å². The van der Waals surface area contributed by atoms with E-state index in [-0.39, 0.29) is 23.0 Å². The number of tetrazole rings is 1. The minimum absolute atomic E-state index is 0.225. The Morgan fingerprint density at radius 2 is 2.18 bits per heavy atom. The van der Waals surface area contributed by atoms with E-state index in [9.17, 15) is 9.67 Å². The first kappa shape index (κ1) is 15.1. The van der Waals surface area contributed by atoms with Gasteiger partial charge >= 0.3 is 7.60 Å². The molecule has 0 bridgehead atoms. The summed E-state index contributed by atoms with van der Waals surface area (Å²) in [5.74, 6) is -1.64. The predicted octanol–water partition coefficient (Wildman–Crippen LogP) is 0.206. The lowest BCUT2D eigenvalue weighted by atomic mass is 10.2. The highest BCUT2D eigenvalue weighted by atomic mass is 35.5. The van der Waals surface area contributed by atoms with Gasteiger partial charge in [-0.25, -0.2) is 4.98 Å². The fourth-order valence-corrected chi connectivity index (χ4v) is 2.66. The molecule has 0 amide bonds. The summed E-state index contributed by atoms with van der Waals surface area (Å²) < 4.78 is 12.7. The first-order valence-electron chi connectivity index (χ1n) is 6.00. The Balaban J connectivity index is 2.18. The fourth-order valence-electron chi connectivity index (χ4n) is 2.03. The van der Waals surface area contributed by atoms with Gasteiger partial charge in [-0.3, -0.25) is 8.97 Å². The van der Waals surface area contributed by atoms with Crippen molar-refractivity contribution >= 4 is 24.8 Å². The quantitative estimate of drug-likeness (QED) is 0.490. The number of pyridine rings is 1. The lowest BCUT2D eigenvalue weighted by molar-refractivity contribution is 0.201. The fraction of sp³-hybridized carbons (Fsp3) is 0.200. The number of aromatic amines is 1. The van der Waals surface area contributed by atoms with Crippen molar-refractivity contribution in [2.45, 2.75) is 12.3 Å². The summed E-state index contributed by atoms with van der Waals surface area (Å²) in [6, 6.07) is 3.16. The van der Waals surface area contributed by atoms with E-state index in [2.05, 4.69) is 25.6 Å². The Labute approximate surface area is 127 Å². The molecule has 12 heteroatoms. The van der Waals surface area contributed by atoms with Gasteiger partial charge in [0.05, 0.1) is 11.2 Å². The first-order valence-corrected chi connectivity index (χ1v) is 8.06. The Bertz CT molecular complexity index is 860. The van der Waals surface area contributed by atoms with Gasteiger partial charge in [0.2, 0.25) is 5.82 Å². The maximum Gasteiger partial charge on any atom is 0.354 e. The molecule has 0 radical (unpaired) electrons. The molecule has 0 spiro atoms. The van der Waals surface area contributed by atoms with Crippen LogP contribution in [0.1, 0.15) is 5.69 Å². The number of aliphatic hydroxyl groups excluding tert-OH is 1. The van der Waals surface area contributed by atoms with Crippen LogP contribution in [-0.4, -0.2) is 50.7 Å². The SMILES string of the molecule is O=P(O)(O)C(O)Cc1c(Cl)ccc2ncc(-c3nn[nH]n3)n12. The van der Waals surface area contributed by atoms with Gasteiger partial charge in [0.1, 0.15) is 11.3 Å². The van der Waals surface area contributed by atoms with Gasteiger partial charge in [-0.15, -0.1) is 10.2 Å². The van der Waals surface area contributed by atoms with Gasteiger partial charge in [-0.05, 0) is 17.3 Å². The average Bonchev–Trinajstić information content (AvgIpc) is 3.08. The highest BCUT2D eigenvalue weighted by molar-refractivity contribution is 7.52. The van der Waals surface area contributed by atoms with Crippen molar-refractivity contribution in [2.75, 3.05) is 0 Å². The summed E-state index contributed by atoms with van der Waals surface area (Å²) in [7, 11) is -4.66. The van der Waals surface area contributed by atoms with Crippen LogP contribution in [0.3, 0.4) is 0 Å². The number of hydrogen-bond donors (Lipinski definition) is 4. The van der Waals surface area contributed by atoms with Crippen molar-refractivity contribution in [3.8, 4) is 11.5 Å². The number of aliphatic hydroxyl groups is 1. The van der Waals surface area contributed by atoms with Crippen molar-refractivity contribution in [3.05, 3.63) is 29.0 Å². The molecule has 0 aliphatic carbocycles. The molecule has 3 heterocycles. The number of aromatic nitrogens is 6. The van der Waals surface area contributed by atoms with E-state index < -0.39 is 13.4 Å². The Kier molecular flexibility index (Phi) is 3.71. The summed E-state index contributed by atoms with van der Waals surface area (Å²) in [6.45, 7) is 0. The zero-order valence-corrected chi connectivity index (χ0v) is 12.5. The van der Waals surface area contributed by atoms with Gasteiger partial charge in [-0.1, -0.05) is 11.6 Å². The number of hydrogen-bond acceptors (Lipinski definition) is 6. The molecule has 0 aliphatic heterocycles. The van der Waals surface area contributed by atoms with Crippen LogP contribution in [0.25, 0.3) is 17.2 Å². The predicted molar refractivity (Wildman–Crippen MR) is 75.1 cm³/mol. The molecule has 3 aromatic rings. The van der Waals surface area contributed by atoms with Crippen LogP contribution in [0, 0.1) is 0 Å².